The van der Waals surface area contributed by atoms with Crippen molar-refractivity contribution in [3.63, 3.8) is 0 Å². The lowest BCUT2D eigenvalue weighted by Crippen LogP contribution is -2.02. The highest BCUT2D eigenvalue weighted by molar-refractivity contribution is 7.14. The fraction of sp³-hybridized carbons (Fsp3) is 0.375. The number of thiazole rings is 1. The van der Waals surface area contributed by atoms with Gasteiger partial charge in [0.05, 0.1) is 6.20 Å². The molecule has 2 rings (SSSR count). The topological polar surface area (TPSA) is 55.6 Å². The molecule has 0 aliphatic carbocycles. The van der Waals surface area contributed by atoms with Gasteiger partial charge in [-0.2, -0.15) is 0 Å². The minimum Gasteiger partial charge on any atom is -0.315 e. The Hall–Kier alpha value is -1.27. The van der Waals surface area contributed by atoms with E-state index in [2.05, 4.69) is 20.6 Å². The maximum absolute atomic E-state index is 4.28. The van der Waals surface area contributed by atoms with Crippen molar-refractivity contribution in [2.24, 2.45) is 7.05 Å². The number of nitrogens with one attached hydrogen (secondary N) is 1. The van der Waals surface area contributed by atoms with Gasteiger partial charge in [0.2, 0.25) is 0 Å². The molecule has 2 aromatic heterocycles. The first-order chi connectivity index (χ1) is 6.79. The molecule has 0 bridgehead atoms. The molecule has 0 fully saturated rings. The van der Waals surface area contributed by atoms with Crippen LogP contribution < -0.4 is 5.32 Å². The van der Waals surface area contributed by atoms with E-state index in [-0.39, 0.29) is 0 Å². The lowest BCUT2D eigenvalue weighted by atomic mass is 10.5. The fourth-order valence-electron chi connectivity index (χ4n) is 1.13. The van der Waals surface area contributed by atoms with Crippen molar-refractivity contribution in [1.82, 2.24) is 25.3 Å². The Bertz CT molecular complexity index is 419. The zero-order valence-electron chi connectivity index (χ0n) is 8.06. The molecule has 0 atom stereocenters. The van der Waals surface area contributed by atoms with E-state index in [0.717, 1.165) is 17.2 Å². The largest absolute Gasteiger partial charge is 0.315 e. The van der Waals surface area contributed by atoms with E-state index in [9.17, 15) is 0 Å². The molecule has 5 nitrogen and oxygen atoms in total. The SMILES string of the molecule is CNCc1cnc(-c2cn(C)nn2)s1. The molecule has 14 heavy (non-hydrogen) atoms. The summed E-state index contributed by atoms with van der Waals surface area (Å²) in [5.74, 6) is 0. The molecular formula is C8H11N5S. The highest BCUT2D eigenvalue weighted by Gasteiger charge is 2.07. The highest BCUT2D eigenvalue weighted by atomic mass is 32.1. The summed E-state index contributed by atoms with van der Waals surface area (Å²) in [5.41, 5.74) is 0.833. The zero-order chi connectivity index (χ0) is 9.97. The van der Waals surface area contributed by atoms with Gasteiger partial charge in [-0.3, -0.25) is 4.68 Å². The first kappa shape index (κ1) is 9.29. The number of nitrogens with zero attached hydrogens (tertiary/aromatic N) is 4. The van der Waals surface area contributed by atoms with E-state index in [1.54, 1.807) is 16.0 Å². The van der Waals surface area contributed by atoms with Gasteiger partial charge in [-0.15, -0.1) is 16.4 Å². The van der Waals surface area contributed by atoms with Crippen LogP contribution in [-0.4, -0.2) is 27.0 Å². The third-order valence-corrected chi connectivity index (χ3v) is 2.75. The Morgan fingerprint density at radius 1 is 1.57 bits per heavy atom. The minimum atomic E-state index is 0.833. The second kappa shape index (κ2) is 3.85. The summed E-state index contributed by atoms with van der Waals surface area (Å²) in [4.78, 5) is 5.48. The second-order valence-corrected chi connectivity index (χ2v) is 4.05. The Morgan fingerprint density at radius 3 is 3.07 bits per heavy atom. The summed E-state index contributed by atoms with van der Waals surface area (Å²) in [7, 11) is 3.76. The molecule has 74 valence electrons. The third kappa shape index (κ3) is 1.80. The van der Waals surface area contributed by atoms with Gasteiger partial charge in [-0.05, 0) is 7.05 Å². The number of aryl methyl sites for hydroxylation is 1. The molecule has 0 aromatic carbocycles. The van der Waals surface area contributed by atoms with Crippen molar-refractivity contribution in [3.05, 3.63) is 17.3 Å². The van der Waals surface area contributed by atoms with E-state index in [1.165, 1.54) is 4.88 Å². The average molecular weight is 209 g/mol. The highest BCUT2D eigenvalue weighted by Crippen LogP contribution is 2.22. The van der Waals surface area contributed by atoms with Crippen molar-refractivity contribution < 1.29 is 0 Å². The van der Waals surface area contributed by atoms with Crippen molar-refractivity contribution in [3.8, 4) is 10.7 Å². The maximum Gasteiger partial charge on any atom is 0.145 e. The molecule has 0 aliphatic rings. The Balaban J connectivity index is 2.24. The van der Waals surface area contributed by atoms with Crippen molar-refractivity contribution in [2.45, 2.75) is 6.54 Å². The summed E-state index contributed by atoms with van der Waals surface area (Å²) in [5, 5.41) is 11.9. The molecule has 1 N–H and O–H groups in total. The summed E-state index contributed by atoms with van der Waals surface area (Å²) in [6, 6.07) is 0. The quantitative estimate of drug-likeness (QED) is 0.806. The smallest absolute Gasteiger partial charge is 0.145 e. The van der Waals surface area contributed by atoms with Gasteiger partial charge >= 0.3 is 0 Å². The van der Waals surface area contributed by atoms with Gasteiger partial charge in [0.15, 0.2) is 0 Å². The summed E-state index contributed by atoms with van der Waals surface area (Å²) < 4.78 is 1.68. The molecule has 0 saturated heterocycles. The Kier molecular flexibility index (Phi) is 2.55. The first-order valence-electron chi connectivity index (χ1n) is 4.25. The van der Waals surface area contributed by atoms with Gasteiger partial charge in [0.25, 0.3) is 0 Å². The van der Waals surface area contributed by atoms with Gasteiger partial charge in [-0.25, -0.2) is 4.98 Å². The number of hydrogen-bond donors (Lipinski definition) is 1. The summed E-state index contributed by atoms with van der Waals surface area (Å²) in [6.45, 7) is 0.845. The van der Waals surface area contributed by atoms with E-state index in [1.807, 2.05) is 26.5 Å². The van der Waals surface area contributed by atoms with Crippen LogP contribution in [0.15, 0.2) is 12.4 Å². The van der Waals surface area contributed by atoms with E-state index >= 15 is 0 Å². The van der Waals surface area contributed by atoms with Crippen LogP contribution in [0.5, 0.6) is 0 Å². The van der Waals surface area contributed by atoms with E-state index < -0.39 is 0 Å². The number of aromatic nitrogens is 4. The molecule has 6 heteroatoms. The van der Waals surface area contributed by atoms with Crippen LogP contribution in [-0.2, 0) is 13.6 Å². The summed E-state index contributed by atoms with van der Waals surface area (Å²) in [6.07, 6.45) is 3.73. The van der Waals surface area contributed by atoms with Gasteiger partial charge in [0.1, 0.15) is 10.7 Å². The van der Waals surface area contributed by atoms with Crippen LogP contribution in [0.2, 0.25) is 0 Å². The average Bonchev–Trinajstić information content (AvgIpc) is 2.74. The molecule has 0 spiro atoms. The van der Waals surface area contributed by atoms with Gasteiger partial charge in [-0.1, -0.05) is 5.21 Å². The molecule has 2 aromatic rings. The Morgan fingerprint density at radius 2 is 2.43 bits per heavy atom. The molecular weight excluding hydrogens is 198 g/mol. The van der Waals surface area contributed by atoms with Crippen LogP contribution in [0.4, 0.5) is 0 Å². The van der Waals surface area contributed by atoms with Crippen LogP contribution in [0.3, 0.4) is 0 Å². The molecule has 0 aliphatic heterocycles. The molecule has 0 amide bonds. The lowest BCUT2D eigenvalue weighted by molar-refractivity contribution is 0.715. The van der Waals surface area contributed by atoms with Crippen LogP contribution >= 0.6 is 11.3 Å². The monoisotopic (exact) mass is 209 g/mol. The van der Waals surface area contributed by atoms with E-state index in [4.69, 9.17) is 0 Å². The fourth-order valence-corrected chi connectivity index (χ4v) is 2.00. The van der Waals surface area contributed by atoms with Gasteiger partial charge < -0.3 is 5.32 Å². The lowest BCUT2D eigenvalue weighted by Gasteiger charge is -1.89. The molecule has 0 radical (unpaired) electrons. The zero-order valence-corrected chi connectivity index (χ0v) is 8.88. The minimum absolute atomic E-state index is 0.833. The maximum atomic E-state index is 4.28. The Labute approximate surface area is 85.8 Å². The van der Waals surface area contributed by atoms with Crippen LogP contribution in [0.25, 0.3) is 10.7 Å². The summed E-state index contributed by atoms with van der Waals surface area (Å²) >= 11 is 1.63. The second-order valence-electron chi connectivity index (χ2n) is 2.94. The van der Waals surface area contributed by atoms with E-state index in [0.29, 0.717) is 0 Å². The van der Waals surface area contributed by atoms with Crippen molar-refractivity contribution >= 4 is 11.3 Å². The molecule has 0 unspecified atom stereocenters. The van der Waals surface area contributed by atoms with Crippen molar-refractivity contribution in [2.75, 3.05) is 7.05 Å². The normalized spacial score (nSPS) is 10.7. The molecule has 2 heterocycles. The molecule has 0 saturated carbocycles. The number of rotatable bonds is 3. The standard InChI is InChI=1S/C8H11N5S/c1-9-3-6-4-10-8(14-6)7-5-13(2)12-11-7/h4-5,9H,3H2,1-2H3. The number of hydrogen-bond acceptors (Lipinski definition) is 5. The van der Waals surface area contributed by atoms with Crippen LogP contribution in [0, 0.1) is 0 Å². The van der Waals surface area contributed by atoms with Crippen LogP contribution in [0.1, 0.15) is 4.88 Å². The van der Waals surface area contributed by atoms with Crippen molar-refractivity contribution in [1.29, 1.82) is 0 Å². The third-order valence-electron chi connectivity index (χ3n) is 1.73. The predicted octanol–water partition coefficient (Wildman–Crippen LogP) is 0.658. The first-order valence-corrected chi connectivity index (χ1v) is 5.07. The van der Waals surface area contributed by atoms with Gasteiger partial charge in [0, 0.05) is 24.7 Å². The predicted molar refractivity (Wildman–Crippen MR) is 54.9 cm³/mol.